The van der Waals surface area contributed by atoms with E-state index in [1.807, 2.05) is 0 Å². The second-order valence-corrected chi connectivity index (χ2v) is 8.48. The molecule has 22 heavy (non-hydrogen) atoms. The van der Waals surface area contributed by atoms with E-state index in [-0.39, 0.29) is 0 Å². The highest BCUT2D eigenvalue weighted by molar-refractivity contribution is 9.10. The smallest absolute Gasteiger partial charge is 0.240 e. The number of hydrogen-bond acceptors (Lipinski definition) is 3. The fraction of sp³-hybridized carbons (Fsp3) is 0.625. The first-order valence-electron chi connectivity index (χ1n) is 8.02. The van der Waals surface area contributed by atoms with Crippen LogP contribution < -0.4 is 4.72 Å². The van der Waals surface area contributed by atoms with Gasteiger partial charge in [0.15, 0.2) is 0 Å². The molecule has 0 aromatic heterocycles. The fourth-order valence-corrected chi connectivity index (χ4v) is 4.34. The number of sulfonamides is 1. The molecule has 1 atom stereocenters. The van der Waals surface area contributed by atoms with E-state index < -0.39 is 10.0 Å². The minimum atomic E-state index is -3.39. The van der Waals surface area contributed by atoms with Gasteiger partial charge in [-0.05, 0) is 63.0 Å². The third-order valence-corrected chi connectivity index (χ3v) is 6.26. The van der Waals surface area contributed by atoms with E-state index in [0.717, 1.165) is 24.0 Å². The molecule has 0 unspecified atom stereocenters. The molecule has 1 N–H and O–H groups in total. The van der Waals surface area contributed by atoms with Crippen molar-refractivity contribution in [2.75, 3.05) is 19.6 Å². The molecule has 0 spiro atoms. The van der Waals surface area contributed by atoms with Crippen molar-refractivity contribution in [1.29, 1.82) is 0 Å². The van der Waals surface area contributed by atoms with Crippen LogP contribution in [0.2, 0.25) is 0 Å². The van der Waals surface area contributed by atoms with Crippen LogP contribution in [0.4, 0.5) is 0 Å². The Labute approximate surface area is 142 Å². The van der Waals surface area contributed by atoms with E-state index >= 15 is 0 Å². The summed E-state index contributed by atoms with van der Waals surface area (Å²) in [4.78, 5) is 2.83. The number of likely N-dealkylation sites (tertiary alicyclic amines) is 1. The van der Waals surface area contributed by atoms with Gasteiger partial charge in [-0.15, -0.1) is 0 Å². The Kier molecular flexibility index (Phi) is 6.87. The molecule has 4 nitrogen and oxygen atoms in total. The van der Waals surface area contributed by atoms with E-state index in [2.05, 4.69) is 32.5 Å². The van der Waals surface area contributed by atoms with Crippen LogP contribution in [0.5, 0.6) is 0 Å². The van der Waals surface area contributed by atoms with Crippen LogP contribution in [0.25, 0.3) is 0 Å². The number of rotatable bonds is 7. The number of halogens is 1. The molecule has 1 heterocycles. The lowest BCUT2D eigenvalue weighted by molar-refractivity contribution is 0.143. The van der Waals surface area contributed by atoms with Gasteiger partial charge in [0, 0.05) is 17.1 Å². The molecule has 1 aliphatic rings. The highest BCUT2D eigenvalue weighted by atomic mass is 79.9. The van der Waals surface area contributed by atoms with Crippen LogP contribution in [-0.4, -0.2) is 39.0 Å². The predicted octanol–water partition coefficient (Wildman–Crippen LogP) is 3.38. The van der Waals surface area contributed by atoms with E-state index in [9.17, 15) is 8.42 Å². The zero-order valence-electron chi connectivity index (χ0n) is 13.1. The first-order valence-corrected chi connectivity index (χ1v) is 10.3. The molecule has 0 saturated carbocycles. The fourth-order valence-electron chi connectivity index (χ4n) is 3.00. The predicted molar refractivity (Wildman–Crippen MR) is 93.5 cm³/mol. The van der Waals surface area contributed by atoms with Crippen LogP contribution in [0, 0.1) is 0 Å². The molecule has 6 heteroatoms. The largest absolute Gasteiger partial charge is 0.300 e. The minimum Gasteiger partial charge on any atom is -0.300 e. The van der Waals surface area contributed by atoms with Gasteiger partial charge in [-0.1, -0.05) is 29.3 Å². The van der Waals surface area contributed by atoms with Crippen LogP contribution in [0.1, 0.15) is 39.0 Å². The molecule has 0 bridgehead atoms. The Morgan fingerprint density at radius 3 is 2.68 bits per heavy atom. The van der Waals surface area contributed by atoms with E-state index in [1.165, 1.54) is 25.7 Å². The van der Waals surface area contributed by atoms with Gasteiger partial charge < -0.3 is 4.90 Å². The van der Waals surface area contributed by atoms with Crippen molar-refractivity contribution in [2.24, 2.45) is 0 Å². The summed E-state index contributed by atoms with van der Waals surface area (Å²) in [6, 6.07) is 7.40. The average Bonchev–Trinajstić information content (AvgIpc) is 2.52. The monoisotopic (exact) mass is 388 g/mol. The number of piperidine rings is 1. The highest BCUT2D eigenvalue weighted by Crippen LogP contribution is 2.19. The van der Waals surface area contributed by atoms with Gasteiger partial charge >= 0.3 is 0 Å². The normalized spacial score (nSPS) is 20.2. The molecule has 1 aliphatic heterocycles. The van der Waals surface area contributed by atoms with Gasteiger partial charge in [0.2, 0.25) is 10.0 Å². The molecular weight excluding hydrogens is 364 g/mol. The first-order chi connectivity index (χ1) is 10.5. The van der Waals surface area contributed by atoms with Crippen molar-refractivity contribution >= 4 is 26.0 Å². The molecule has 0 aliphatic carbocycles. The number of nitrogens with one attached hydrogen (secondary N) is 1. The van der Waals surface area contributed by atoms with Gasteiger partial charge in [0.1, 0.15) is 0 Å². The van der Waals surface area contributed by atoms with Crippen molar-refractivity contribution in [1.82, 2.24) is 9.62 Å². The summed E-state index contributed by atoms with van der Waals surface area (Å²) in [5.74, 6) is 0. The maximum Gasteiger partial charge on any atom is 0.240 e. The summed E-state index contributed by atoms with van der Waals surface area (Å²) in [6.45, 7) is 4.85. The standard InChI is InChI=1S/C16H25BrN2O2S/c1-2-15-6-3-4-12-19(15)13-5-11-18-22(20,21)16-9-7-14(17)8-10-16/h7-10,15,18H,2-6,11-13H2,1H3/t15-/m0/s1. The molecule has 0 radical (unpaired) electrons. The maximum absolute atomic E-state index is 12.2. The Hall–Kier alpha value is -0.430. The SMILES string of the molecule is CC[C@H]1CCCCN1CCCNS(=O)(=O)c1ccc(Br)cc1. The lowest BCUT2D eigenvalue weighted by Gasteiger charge is -2.35. The average molecular weight is 389 g/mol. The molecular formula is C16H25BrN2O2S. The summed E-state index contributed by atoms with van der Waals surface area (Å²) in [5, 5.41) is 0. The third-order valence-electron chi connectivity index (χ3n) is 4.26. The summed E-state index contributed by atoms with van der Waals surface area (Å²) < 4.78 is 27.9. The van der Waals surface area contributed by atoms with Gasteiger partial charge in [0.25, 0.3) is 0 Å². The summed E-state index contributed by atoms with van der Waals surface area (Å²) in [5.41, 5.74) is 0. The summed E-state index contributed by atoms with van der Waals surface area (Å²) in [6.07, 6.45) is 5.91. The zero-order chi connectivity index (χ0) is 16.0. The van der Waals surface area contributed by atoms with E-state index in [1.54, 1.807) is 24.3 Å². The van der Waals surface area contributed by atoms with E-state index in [0.29, 0.717) is 17.5 Å². The molecule has 1 fully saturated rings. The quantitative estimate of drug-likeness (QED) is 0.728. The molecule has 2 rings (SSSR count). The number of benzene rings is 1. The Morgan fingerprint density at radius 1 is 1.27 bits per heavy atom. The molecule has 1 saturated heterocycles. The van der Waals surface area contributed by atoms with Crippen molar-refractivity contribution in [2.45, 2.75) is 50.0 Å². The van der Waals surface area contributed by atoms with Crippen LogP contribution in [0.3, 0.4) is 0 Å². The lowest BCUT2D eigenvalue weighted by atomic mass is 10.00. The van der Waals surface area contributed by atoms with Crippen LogP contribution in [-0.2, 0) is 10.0 Å². The summed E-state index contributed by atoms with van der Waals surface area (Å²) in [7, 11) is -3.39. The second kappa shape index (κ2) is 8.43. The molecule has 1 aromatic carbocycles. The molecule has 0 amide bonds. The Bertz CT molecular complexity index is 560. The van der Waals surface area contributed by atoms with E-state index in [4.69, 9.17) is 0 Å². The van der Waals surface area contributed by atoms with Crippen LogP contribution in [0.15, 0.2) is 33.6 Å². The van der Waals surface area contributed by atoms with Crippen molar-refractivity contribution in [3.63, 3.8) is 0 Å². The lowest BCUT2D eigenvalue weighted by Crippen LogP contribution is -2.40. The number of nitrogens with zero attached hydrogens (tertiary/aromatic N) is 1. The van der Waals surface area contributed by atoms with Gasteiger partial charge in [-0.2, -0.15) is 0 Å². The Balaban J connectivity index is 1.79. The number of hydrogen-bond donors (Lipinski definition) is 1. The topological polar surface area (TPSA) is 49.4 Å². The first kappa shape index (κ1) is 17.9. The van der Waals surface area contributed by atoms with Crippen molar-refractivity contribution in [3.8, 4) is 0 Å². The Morgan fingerprint density at radius 2 is 2.00 bits per heavy atom. The van der Waals surface area contributed by atoms with Crippen LogP contribution >= 0.6 is 15.9 Å². The molecule has 124 valence electrons. The second-order valence-electron chi connectivity index (χ2n) is 5.80. The van der Waals surface area contributed by atoms with Gasteiger partial charge in [-0.25, -0.2) is 13.1 Å². The summed E-state index contributed by atoms with van der Waals surface area (Å²) >= 11 is 3.31. The molecule has 1 aromatic rings. The maximum atomic E-state index is 12.2. The highest BCUT2D eigenvalue weighted by Gasteiger charge is 2.20. The van der Waals surface area contributed by atoms with Crippen molar-refractivity contribution < 1.29 is 8.42 Å². The zero-order valence-corrected chi connectivity index (χ0v) is 15.5. The van der Waals surface area contributed by atoms with Crippen molar-refractivity contribution in [3.05, 3.63) is 28.7 Å². The van der Waals surface area contributed by atoms with Gasteiger partial charge in [-0.3, -0.25) is 0 Å². The van der Waals surface area contributed by atoms with Gasteiger partial charge in [0.05, 0.1) is 4.90 Å². The third kappa shape index (κ3) is 5.05. The minimum absolute atomic E-state index is 0.320.